The second-order valence-corrected chi connectivity index (χ2v) is 4.21. The molecular weight excluding hydrogens is 223 g/mol. The Morgan fingerprint density at radius 3 is 2.88 bits per heavy atom. The maximum atomic E-state index is 13.2. The monoisotopic (exact) mass is 240 g/mol. The van der Waals surface area contributed by atoms with E-state index in [1.54, 1.807) is 0 Å². The molecule has 1 aromatic rings. The number of rotatable bonds is 5. The summed E-state index contributed by atoms with van der Waals surface area (Å²) in [7, 11) is 0. The smallest absolute Gasteiger partial charge is 0.254 e. The average molecular weight is 240 g/mol. The first kappa shape index (κ1) is 13.6. The molecule has 0 saturated heterocycles. The van der Waals surface area contributed by atoms with Gasteiger partial charge < -0.3 is 10.4 Å². The van der Waals surface area contributed by atoms with E-state index in [1.807, 2.05) is 13.8 Å². The van der Waals surface area contributed by atoms with Gasteiger partial charge in [0.05, 0.1) is 17.9 Å². The van der Waals surface area contributed by atoms with E-state index in [-0.39, 0.29) is 11.5 Å². The third-order valence-electron chi connectivity index (χ3n) is 2.51. The Morgan fingerprint density at radius 1 is 1.59 bits per heavy atom. The Labute approximate surface area is 99.9 Å². The van der Waals surface area contributed by atoms with E-state index >= 15 is 0 Å². The molecule has 1 atom stereocenters. The van der Waals surface area contributed by atoms with Crippen molar-refractivity contribution in [3.63, 3.8) is 0 Å². The maximum Gasteiger partial charge on any atom is 0.254 e. The van der Waals surface area contributed by atoms with E-state index in [9.17, 15) is 14.3 Å². The molecule has 0 bridgehead atoms. The van der Waals surface area contributed by atoms with Crippen LogP contribution < -0.4 is 5.32 Å². The van der Waals surface area contributed by atoms with Crippen molar-refractivity contribution in [2.75, 3.05) is 6.54 Å². The van der Waals surface area contributed by atoms with E-state index < -0.39 is 17.8 Å². The highest BCUT2D eigenvalue weighted by Crippen LogP contribution is 2.06. The molecule has 94 valence electrons. The third kappa shape index (κ3) is 4.11. The molecule has 2 N–H and O–H groups in total. The second kappa shape index (κ2) is 6.30. The molecule has 1 amide bonds. The summed E-state index contributed by atoms with van der Waals surface area (Å²) in [4.78, 5) is 15.1. The van der Waals surface area contributed by atoms with Gasteiger partial charge in [-0.25, -0.2) is 4.39 Å². The molecule has 0 fully saturated rings. The number of aliphatic hydroxyl groups is 1. The van der Waals surface area contributed by atoms with Crippen LogP contribution in [0.2, 0.25) is 0 Å². The molecule has 0 aliphatic rings. The van der Waals surface area contributed by atoms with Crippen molar-refractivity contribution in [3.8, 4) is 0 Å². The lowest BCUT2D eigenvalue weighted by Crippen LogP contribution is -2.29. The van der Waals surface area contributed by atoms with Gasteiger partial charge in [0, 0.05) is 12.7 Å². The normalized spacial score (nSPS) is 12.5. The van der Waals surface area contributed by atoms with Gasteiger partial charge in [0.1, 0.15) is 0 Å². The Morgan fingerprint density at radius 2 is 2.29 bits per heavy atom. The van der Waals surface area contributed by atoms with Crippen LogP contribution in [-0.4, -0.2) is 28.6 Å². The van der Waals surface area contributed by atoms with Crippen molar-refractivity contribution in [2.45, 2.75) is 26.4 Å². The van der Waals surface area contributed by atoms with Crippen LogP contribution in [0, 0.1) is 11.7 Å². The van der Waals surface area contributed by atoms with Crippen LogP contribution in [0.1, 0.15) is 30.6 Å². The SMILES string of the molecule is CC(C)C(O)CCNC(=O)c1ccncc1F. The fourth-order valence-electron chi connectivity index (χ4n) is 1.32. The lowest BCUT2D eigenvalue weighted by molar-refractivity contribution is 0.0916. The zero-order valence-corrected chi connectivity index (χ0v) is 9.98. The summed E-state index contributed by atoms with van der Waals surface area (Å²) < 4.78 is 13.2. The highest BCUT2D eigenvalue weighted by atomic mass is 19.1. The first-order valence-corrected chi connectivity index (χ1v) is 5.58. The first-order valence-electron chi connectivity index (χ1n) is 5.58. The lowest BCUT2D eigenvalue weighted by atomic mass is 10.0. The van der Waals surface area contributed by atoms with Crippen LogP contribution in [0.25, 0.3) is 0 Å². The summed E-state index contributed by atoms with van der Waals surface area (Å²) in [5.74, 6) is -0.986. The molecule has 1 aromatic heterocycles. The Balaban J connectivity index is 2.43. The summed E-state index contributed by atoms with van der Waals surface area (Å²) in [6.07, 6.45) is 2.35. The molecule has 0 spiro atoms. The van der Waals surface area contributed by atoms with Crippen molar-refractivity contribution in [2.24, 2.45) is 5.92 Å². The molecule has 0 saturated carbocycles. The number of hydrogen-bond donors (Lipinski definition) is 2. The van der Waals surface area contributed by atoms with Crippen molar-refractivity contribution in [3.05, 3.63) is 29.8 Å². The van der Waals surface area contributed by atoms with E-state index in [4.69, 9.17) is 0 Å². The van der Waals surface area contributed by atoms with Gasteiger partial charge in [-0.05, 0) is 18.4 Å². The van der Waals surface area contributed by atoms with Crippen molar-refractivity contribution in [1.29, 1.82) is 0 Å². The van der Waals surface area contributed by atoms with Crippen LogP contribution >= 0.6 is 0 Å². The van der Waals surface area contributed by atoms with Crippen LogP contribution in [0.5, 0.6) is 0 Å². The van der Waals surface area contributed by atoms with Gasteiger partial charge in [-0.1, -0.05) is 13.8 Å². The number of hydrogen-bond acceptors (Lipinski definition) is 3. The Hall–Kier alpha value is -1.49. The van der Waals surface area contributed by atoms with Crippen LogP contribution in [-0.2, 0) is 0 Å². The standard InChI is InChI=1S/C12H17FN2O2/c1-8(2)11(16)4-6-15-12(17)9-3-5-14-7-10(9)13/h3,5,7-8,11,16H,4,6H2,1-2H3,(H,15,17). The van der Waals surface area contributed by atoms with Crippen LogP contribution in [0.15, 0.2) is 18.5 Å². The number of aromatic nitrogens is 1. The topological polar surface area (TPSA) is 62.2 Å². The molecule has 1 heterocycles. The molecule has 0 aromatic carbocycles. The summed E-state index contributed by atoms with van der Waals surface area (Å²) in [6, 6.07) is 1.32. The zero-order chi connectivity index (χ0) is 12.8. The number of halogens is 1. The minimum atomic E-state index is -0.644. The minimum absolute atomic E-state index is 0.0287. The minimum Gasteiger partial charge on any atom is -0.393 e. The van der Waals surface area contributed by atoms with Gasteiger partial charge >= 0.3 is 0 Å². The molecule has 1 unspecified atom stereocenters. The summed E-state index contributed by atoms with van der Waals surface area (Å²) >= 11 is 0. The zero-order valence-electron chi connectivity index (χ0n) is 9.98. The third-order valence-corrected chi connectivity index (χ3v) is 2.51. The van der Waals surface area contributed by atoms with Crippen molar-refractivity contribution < 1.29 is 14.3 Å². The van der Waals surface area contributed by atoms with Crippen molar-refractivity contribution in [1.82, 2.24) is 10.3 Å². The fraction of sp³-hybridized carbons (Fsp3) is 0.500. The Bertz CT molecular complexity index is 383. The predicted octanol–water partition coefficient (Wildman–Crippen LogP) is 1.36. The van der Waals surface area contributed by atoms with Crippen LogP contribution in [0.4, 0.5) is 4.39 Å². The van der Waals surface area contributed by atoms with E-state index in [1.165, 1.54) is 12.3 Å². The molecule has 0 radical (unpaired) electrons. The number of aliphatic hydroxyl groups excluding tert-OH is 1. The predicted molar refractivity (Wildman–Crippen MR) is 62.0 cm³/mol. The van der Waals surface area contributed by atoms with Gasteiger partial charge in [-0.2, -0.15) is 0 Å². The number of carbonyl (C=O) groups excluding carboxylic acids is 1. The van der Waals surface area contributed by atoms with E-state index in [0.29, 0.717) is 13.0 Å². The largest absolute Gasteiger partial charge is 0.393 e. The fourth-order valence-corrected chi connectivity index (χ4v) is 1.32. The molecule has 0 aliphatic carbocycles. The Kier molecular flexibility index (Phi) is 5.03. The van der Waals surface area contributed by atoms with Gasteiger partial charge in [0.15, 0.2) is 5.82 Å². The number of nitrogens with one attached hydrogen (secondary N) is 1. The van der Waals surface area contributed by atoms with E-state index in [2.05, 4.69) is 10.3 Å². The van der Waals surface area contributed by atoms with Crippen molar-refractivity contribution >= 4 is 5.91 Å². The number of amides is 1. The molecule has 4 nitrogen and oxygen atoms in total. The van der Waals surface area contributed by atoms with E-state index in [0.717, 1.165) is 6.20 Å². The quantitative estimate of drug-likeness (QED) is 0.816. The maximum absolute atomic E-state index is 13.2. The van der Waals surface area contributed by atoms with Gasteiger partial charge in [0.2, 0.25) is 0 Å². The van der Waals surface area contributed by atoms with Gasteiger partial charge in [-0.15, -0.1) is 0 Å². The molecule has 1 rings (SSSR count). The average Bonchev–Trinajstić information content (AvgIpc) is 2.29. The van der Waals surface area contributed by atoms with Crippen LogP contribution in [0.3, 0.4) is 0 Å². The lowest BCUT2D eigenvalue weighted by Gasteiger charge is -2.14. The number of carbonyl (C=O) groups is 1. The summed E-state index contributed by atoms with van der Waals surface area (Å²) in [5, 5.41) is 12.1. The second-order valence-electron chi connectivity index (χ2n) is 4.21. The molecule has 5 heteroatoms. The molecular formula is C12H17FN2O2. The number of pyridine rings is 1. The molecule has 17 heavy (non-hydrogen) atoms. The highest BCUT2D eigenvalue weighted by molar-refractivity contribution is 5.94. The van der Waals surface area contributed by atoms with Gasteiger partial charge in [-0.3, -0.25) is 9.78 Å². The number of nitrogens with zero attached hydrogens (tertiary/aromatic N) is 1. The molecule has 0 aliphatic heterocycles. The summed E-state index contributed by atoms with van der Waals surface area (Å²) in [6.45, 7) is 4.12. The first-order chi connectivity index (χ1) is 8.02. The van der Waals surface area contributed by atoms with Gasteiger partial charge in [0.25, 0.3) is 5.91 Å². The summed E-state index contributed by atoms with van der Waals surface area (Å²) in [5.41, 5.74) is -0.0287. The highest BCUT2D eigenvalue weighted by Gasteiger charge is 2.12.